The van der Waals surface area contributed by atoms with E-state index in [-0.39, 0.29) is 0 Å². The van der Waals surface area contributed by atoms with Gasteiger partial charge in [-0.15, -0.1) is 0 Å². The third-order valence-electron chi connectivity index (χ3n) is 10.4. The van der Waals surface area contributed by atoms with Crippen LogP contribution in [-0.4, -0.2) is 19.1 Å². The molecule has 1 aliphatic carbocycles. The fourth-order valence-electron chi connectivity index (χ4n) is 8.06. The molecule has 9 aromatic rings. The Morgan fingerprint density at radius 1 is 0.556 bits per heavy atom. The molecule has 10 rings (SSSR count). The predicted molar refractivity (Wildman–Crippen MR) is 215 cm³/mol. The fraction of sp³-hybridized carbons (Fsp3) is 0.0417. The Morgan fingerprint density at radius 3 is 1.81 bits per heavy atom. The Labute approximate surface area is 311 Å². The van der Waals surface area contributed by atoms with Gasteiger partial charge in [0.15, 0.2) is 5.82 Å². The van der Waals surface area contributed by atoms with E-state index in [2.05, 4.69) is 100 Å². The van der Waals surface area contributed by atoms with Crippen LogP contribution in [0.3, 0.4) is 0 Å². The Balaban J connectivity index is 1.27. The van der Waals surface area contributed by atoms with E-state index in [1.165, 1.54) is 0 Å². The second kappa shape index (κ2) is 12.5. The van der Waals surface area contributed by atoms with Gasteiger partial charge in [0, 0.05) is 38.4 Å². The number of benzene rings is 5. The normalized spacial score (nSPS) is 12.9. The van der Waals surface area contributed by atoms with Gasteiger partial charge in [-0.1, -0.05) is 121 Å². The van der Waals surface area contributed by atoms with E-state index in [4.69, 9.17) is 9.97 Å². The molecular weight excluding hydrogens is 661 g/mol. The molecule has 0 atom stereocenters. The molecule has 0 N–H and O–H groups in total. The van der Waals surface area contributed by atoms with Crippen molar-refractivity contribution < 1.29 is 0 Å². The minimum Gasteiger partial charge on any atom is -0.310 e. The van der Waals surface area contributed by atoms with Crippen LogP contribution in [0.2, 0.25) is 0 Å². The molecule has 54 heavy (non-hydrogen) atoms. The number of allylic oxidation sites excluding steroid dienone is 4. The summed E-state index contributed by atoms with van der Waals surface area (Å²) in [6.45, 7) is 0. The first-order valence-corrected chi connectivity index (χ1v) is 17.8. The van der Waals surface area contributed by atoms with Gasteiger partial charge in [0.2, 0.25) is 0 Å². The number of fused-ring (bicyclic) bond motifs is 7. The standard InChI is InChI=1S/C48H28N6/c49-29-34-28-33(45-40(30-50)44(31-14-4-1-5-15-31)51-48(52-45)32-16-6-2-7-17-32)24-27-41(34)54-43-23-13-11-21-37(43)39-26-25-38-36-20-10-12-22-42(36)53(46(38)47(39)54)35-18-8-3-9-19-35/h1-8,10-18,20-23,25-26,28H,24,27H2. The van der Waals surface area contributed by atoms with Crippen LogP contribution in [-0.2, 0) is 0 Å². The molecule has 3 heterocycles. The second-order valence-electron chi connectivity index (χ2n) is 13.3. The summed E-state index contributed by atoms with van der Waals surface area (Å²) >= 11 is 0. The summed E-state index contributed by atoms with van der Waals surface area (Å²) in [5.41, 5.74) is 10.5. The second-order valence-corrected chi connectivity index (χ2v) is 13.3. The number of hydrogen-bond acceptors (Lipinski definition) is 4. The largest absolute Gasteiger partial charge is 0.310 e. The van der Waals surface area contributed by atoms with Crippen LogP contribution in [0.5, 0.6) is 0 Å². The summed E-state index contributed by atoms with van der Waals surface area (Å²) < 4.78 is 4.56. The van der Waals surface area contributed by atoms with Crippen LogP contribution < -0.4 is 0 Å². The fourth-order valence-corrected chi connectivity index (χ4v) is 8.06. The van der Waals surface area contributed by atoms with Gasteiger partial charge in [0.25, 0.3) is 0 Å². The topological polar surface area (TPSA) is 83.2 Å². The van der Waals surface area contributed by atoms with Crippen molar-refractivity contribution in [3.05, 3.63) is 175 Å². The van der Waals surface area contributed by atoms with Crippen molar-refractivity contribution in [2.75, 3.05) is 0 Å². The van der Waals surface area contributed by atoms with Crippen molar-refractivity contribution >= 4 is 54.9 Å². The lowest BCUT2D eigenvalue weighted by Crippen LogP contribution is -2.09. The molecule has 0 saturated carbocycles. The number of para-hydroxylation sites is 2. The molecule has 0 spiro atoms. The smallest absolute Gasteiger partial charge is 0.160 e. The maximum atomic E-state index is 10.9. The summed E-state index contributed by atoms with van der Waals surface area (Å²) in [4.78, 5) is 9.97. The zero-order chi connectivity index (χ0) is 36.2. The van der Waals surface area contributed by atoms with E-state index < -0.39 is 0 Å². The van der Waals surface area contributed by atoms with Crippen LogP contribution in [0.15, 0.2) is 151 Å². The third kappa shape index (κ3) is 4.74. The average Bonchev–Trinajstić information content (AvgIpc) is 3.77. The van der Waals surface area contributed by atoms with Crippen molar-refractivity contribution in [3.63, 3.8) is 0 Å². The van der Waals surface area contributed by atoms with Gasteiger partial charge in [-0.05, 0) is 54.8 Å². The Bertz CT molecular complexity index is 3100. The molecular formula is C48H28N6. The summed E-state index contributed by atoms with van der Waals surface area (Å²) in [5.74, 6) is 0.533. The summed E-state index contributed by atoms with van der Waals surface area (Å²) in [6.07, 6.45) is 3.06. The van der Waals surface area contributed by atoms with E-state index in [1.807, 2.05) is 78.9 Å². The molecule has 0 fully saturated rings. The van der Waals surface area contributed by atoms with Crippen LogP contribution in [0.1, 0.15) is 24.1 Å². The maximum Gasteiger partial charge on any atom is 0.160 e. The summed E-state index contributed by atoms with van der Waals surface area (Å²) in [7, 11) is 0. The molecule has 0 bridgehead atoms. The summed E-state index contributed by atoms with van der Waals surface area (Å²) in [5, 5.41) is 26.1. The minimum absolute atomic E-state index is 0.395. The highest BCUT2D eigenvalue weighted by Crippen LogP contribution is 2.44. The molecule has 0 unspecified atom stereocenters. The third-order valence-corrected chi connectivity index (χ3v) is 10.4. The Kier molecular flexibility index (Phi) is 7.19. The number of nitrogens with zero attached hydrogens (tertiary/aromatic N) is 6. The van der Waals surface area contributed by atoms with Crippen molar-refractivity contribution in [3.8, 4) is 40.5 Å². The highest BCUT2D eigenvalue weighted by Gasteiger charge is 2.27. The van der Waals surface area contributed by atoms with E-state index in [1.54, 1.807) is 0 Å². The van der Waals surface area contributed by atoms with Crippen molar-refractivity contribution in [1.82, 2.24) is 19.1 Å². The lowest BCUT2D eigenvalue weighted by atomic mass is 9.91. The van der Waals surface area contributed by atoms with Crippen LogP contribution in [0.25, 0.3) is 83.2 Å². The first-order valence-electron chi connectivity index (χ1n) is 17.8. The molecule has 0 aliphatic heterocycles. The first-order chi connectivity index (χ1) is 26.7. The van der Waals surface area contributed by atoms with Crippen LogP contribution in [0.4, 0.5) is 0 Å². The number of aromatic nitrogens is 4. The molecule has 1 aliphatic rings. The van der Waals surface area contributed by atoms with Crippen molar-refractivity contribution in [1.29, 1.82) is 10.5 Å². The molecule has 0 amide bonds. The zero-order valence-electron chi connectivity index (χ0n) is 29.0. The molecule has 6 heteroatoms. The van der Waals surface area contributed by atoms with Gasteiger partial charge in [-0.3, -0.25) is 4.57 Å². The minimum atomic E-state index is 0.395. The monoisotopic (exact) mass is 688 g/mol. The van der Waals surface area contributed by atoms with Gasteiger partial charge in [-0.25, -0.2) is 9.97 Å². The lowest BCUT2D eigenvalue weighted by molar-refractivity contribution is 0.971. The zero-order valence-corrected chi connectivity index (χ0v) is 29.0. The van der Waals surface area contributed by atoms with Gasteiger partial charge >= 0.3 is 0 Å². The Hall–Kier alpha value is -7.72. The highest BCUT2D eigenvalue weighted by molar-refractivity contribution is 6.24. The quantitative estimate of drug-likeness (QED) is 0.180. The van der Waals surface area contributed by atoms with E-state index in [9.17, 15) is 10.5 Å². The highest BCUT2D eigenvalue weighted by atomic mass is 15.1. The van der Waals surface area contributed by atoms with Crippen LogP contribution >= 0.6 is 0 Å². The maximum absolute atomic E-state index is 10.9. The molecule has 3 aromatic heterocycles. The Morgan fingerprint density at radius 2 is 1.17 bits per heavy atom. The molecule has 0 radical (unpaired) electrons. The van der Waals surface area contributed by atoms with Gasteiger partial charge in [0.1, 0.15) is 17.7 Å². The SMILES string of the molecule is N#CC1=C(n2c3ccccc3c3ccc4c5ccccc5n(-c5c#cccc5)c4c32)CCC(c2nc(-c3ccccc3)nc(-c3ccccc3)c2C#N)=C1. The number of nitriles is 2. The molecule has 6 nitrogen and oxygen atoms in total. The van der Waals surface area contributed by atoms with Gasteiger partial charge in [-0.2, -0.15) is 10.5 Å². The van der Waals surface area contributed by atoms with Gasteiger partial charge in [0.05, 0.1) is 44.7 Å². The molecule has 6 aromatic carbocycles. The predicted octanol–water partition coefficient (Wildman–Crippen LogP) is 11.1. The average molecular weight is 689 g/mol. The lowest BCUT2D eigenvalue weighted by Gasteiger charge is -2.21. The van der Waals surface area contributed by atoms with E-state index >= 15 is 0 Å². The van der Waals surface area contributed by atoms with E-state index in [0.717, 1.165) is 71.7 Å². The summed E-state index contributed by atoms with van der Waals surface area (Å²) in [6, 6.07) is 58.3. The van der Waals surface area contributed by atoms with Crippen molar-refractivity contribution in [2.24, 2.45) is 0 Å². The van der Waals surface area contributed by atoms with Crippen LogP contribution in [0, 0.1) is 34.8 Å². The van der Waals surface area contributed by atoms with E-state index in [0.29, 0.717) is 41.2 Å². The number of rotatable bonds is 5. The van der Waals surface area contributed by atoms with Gasteiger partial charge < -0.3 is 4.57 Å². The van der Waals surface area contributed by atoms with Crippen molar-refractivity contribution in [2.45, 2.75) is 12.8 Å². The molecule has 250 valence electrons. The first kappa shape index (κ1) is 31.1. The number of hydrogen-bond donors (Lipinski definition) is 0. The molecule has 0 saturated heterocycles.